The first-order valence-electron chi connectivity index (χ1n) is 4.68. The van der Waals surface area contributed by atoms with Gasteiger partial charge in [0.15, 0.2) is 10.7 Å². The maximum atomic E-state index is 12.5. The molecule has 0 bridgehead atoms. The molecule has 0 unspecified atom stereocenters. The molecule has 0 aromatic carbocycles. The van der Waals surface area contributed by atoms with Crippen molar-refractivity contribution in [2.45, 2.75) is 13.3 Å². The Morgan fingerprint density at radius 1 is 1.67 bits per heavy atom. The number of ether oxygens (including phenoxy) is 1. The summed E-state index contributed by atoms with van der Waals surface area (Å²) < 4.78 is 29.6. The predicted molar refractivity (Wildman–Crippen MR) is 56.8 cm³/mol. The molecule has 9 heteroatoms. The zero-order chi connectivity index (χ0) is 13.9. The fourth-order valence-electron chi connectivity index (χ4n) is 1.18. The molecular weight excluding hydrogens is 274 g/mol. The molecule has 0 aliphatic rings. The van der Waals surface area contributed by atoms with Crippen LogP contribution < -0.4 is 0 Å². The van der Waals surface area contributed by atoms with Crippen LogP contribution >= 0.6 is 11.6 Å². The number of nitro groups is 1. The standard InChI is InChI=1S/C9H7ClF2N2O4/c1-2-18-9(15)6-5(10)7(14(16)17)4(3-13-6)8(11)12/h3,8H,2H2,1H3. The van der Waals surface area contributed by atoms with Gasteiger partial charge >= 0.3 is 11.7 Å². The van der Waals surface area contributed by atoms with E-state index in [0.29, 0.717) is 6.20 Å². The first kappa shape index (κ1) is 14.2. The van der Waals surface area contributed by atoms with Crippen molar-refractivity contribution in [1.29, 1.82) is 0 Å². The number of pyridine rings is 1. The van der Waals surface area contributed by atoms with Crippen LogP contribution in [0.2, 0.25) is 5.02 Å². The third-order valence-electron chi connectivity index (χ3n) is 1.91. The number of carbonyl (C=O) groups excluding carboxylic acids is 1. The minimum Gasteiger partial charge on any atom is -0.461 e. The van der Waals surface area contributed by atoms with Gasteiger partial charge in [-0.05, 0) is 6.92 Å². The van der Waals surface area contributed by atoms with Crippen LogP contribution in [0.3, 0.4) is 0 Å². The Morgan fingerprint density at radius 2 is 2.28 bits per heavy atom. The van der Waals surface area contributed by atoms with Gasteiger partial charge in [0, 0.05) is 6.20 Å². The molecule has 0 saturated heterocycles. The Balaban J connectivity index is 3.39. The molecule has 1 heterocycles. The van der Waals surface area contributed by atoms with E-state index in [-0.39, 0.29) is 6.61 Å². The molecule has 98 valence electrons. The summed E-state index contributed by atoms with van der Waals surface area (Å²) in [5.74, 6) is -1.01. The van der Waals surface area contributed by atoms with Crippen LogP contribution in [0.4, 0.5) is 14.5 Å². The molecule has 0 fully saturated rings. The van der Waals surface area contributed by atoms with Gasteiger partial charge < -0.3 is 4.74 Å². The fraction of sp³-hybridized carbons (Fsp3) is 0.333. The molecule has 0 saturated carbocycles. The Kier molecular flexibility index (Phi) is 4.49. The highest BCUT2D eigenvalue weighted by Crippen LogP contribution is 2.36. The third kappa shape index (κ3) is 2.70. The first-order chi connectivity index (χ1) is 8.40. The molecule has 6 nitrogen and oxygen atoms in total. The minimum atomic E-state index is -3.12. The zero-order valence-electron chi connectivity index (χ0n) is 9.02. The highest BCUT2D eigenvalue weighted by atomic mass is 35.5. The van der Waals surface area contributed by atoms with Crippen LogP contribution in [0, 0.1) is 10.1 Å². The van der Waals surface area contributed by atoms with Gasteiger partial charge in [0.2, 0.25) is 0 Å². The van der Waals surface area contributed by atoms with Crippen molar-refractivity contribution in [3.63, 3.8) is 0 Å². The van der Waals surface area contributed by atoms with E-state index in [1.54, 1.807) is 0 Å². The van der Waals surface area contributed by atoms with Crippen LogP contribution in [0.15, 0.2) is 6.20 Å². The summed E-state index contributed by atoms with van der Waals surface area (Å²) in [5.41, 5.74) is -2.54. The smallest absolute Gasteiger partial charge is 0.358 e. The molecule has 0 spiro atoms. The van der Waals surface area contributed by atoms with E-state index in [4.69, 9.17) is 11.6 Å². The van der Waals surface area contributed by atoms with Gasteiger partial charge in [-0.25, -0.2) is 18.6 Å². The van der Waals surface area contributed by atoms with Crippen LogP contribution in [-0.2, 0) is 4.74 Å². The molecule has 0 radical (unpaired) electrons. The lowest BCUT2D eigenvalue weighted by Gasteiger charge is -2.06. The Bertz CT molecular complexity index is 496. The second-order valence-electron chi connectivity index (χ2n) is 3.00. The maximum absolute atomic E-state index is 12.5. The summed E-state index contributed by atoms with van der Waals surface area (Å²) >= 11 is 5.55. The lowest BCUT2D eigenvalue weighted by molar-refractivity contribution is -0.386. The van der Waals surface area contributed by atoms with Crippen molar-refractivity contribution in [3.8, 4) is 0 Å². The molecule has 0 N–H and O–H groups in total. The van der Waals surface area contributed by atoms with Crippen LogP contribution in [0.25, 0.3) is 0 Å². The van der Waals surface area contributed by atoms with E-state index in [2.05, 4.69) is 9.72 Å². The van der Waals surface area contributed by atoms with E-state index in [0.717, 1.165) is 0 Å². The normalized spacial score (nSPS) is 10.5. The van der Waals surface area contributed by atoms with Gasteiger partial charge in [-0.1, -0.05) is 11.6 Å². The average molecular weight is 281 g/mol. The van der Waals surface area contributed by atoms with Crippen molar-refractivity contribution in [3.05, 3.63) is 32.6 Å². The molecule has 0 amide bonds. The second kappa shape index (κ2) is 5.67. The van der Waals surface area contributed by atoms with E-state index in [1.807, 2.05) is 0 Å². The van der Waals surface area contributed by atoms with E-state index in [9.17, 15) is 23.7 Å². The first-order valence-corrected chi connectivity index (χ1v) is 5.06. The largest absolute Gasteiger partial charge is 0.461 e. The molecule has 1 aromatic heterocycles. The Labute approximate surface area is 105 Å². The van der Waals surface area contributed by atoms with Crippen molar-refractivity contribution in [2.75, 3.05) is 6.61 Å². The summed E-state index contributed by atoms with van der Waals surface area (Å²) in [5, 5.41) is 9.93. The van der Waals surface area contributed by atoms with Crippen LogP contribution in [-0.4, -0.2) is 22.5 Å². The number of rotatable bonds is 4. The second-order valence-corrected chi connectivity index (χ2v) is 3.38. The molecule has 1 aromatic rings. The van der Waals surface area contributed by atoms with Gasteiger partial charge in [0.1, 0.15) is 5.56 Å². The van der Waals surface area contributed by atoms with Crippen molar-refractivity contribution >= 4 is 23.3 Å². The van der Waals surface area contributed by atoms with Gasteiger partial charge in [0.05, 0.1) is 11.5 Å². The van der Waals surface area contributed by atoms with Gasteiger partial charge in [-0.3, -0.25) is 10.1 Å². The highest BCUT2D eigenvalue weighted by Gasteiger charge is 2.30. The number of alkyl halides is 2. The summed E-state index contributed by atoms with van der Waals surface area (Å²) in [6.45, 7) is 1.51. The van der Waals surface area contributed by atoms with Crippen molar-refractivity contribution < 1.29 is 23.2 Å². The Morgan fingerprint density at radius 3 is 2.72 bits per heavy atom. The number of esters is 1. The number of aromatic nitrogens is 1. The molecule has 18 heavy (non-hydrogen) atoms. The number of nitrogens with zero attached hydrogens (tertiary/aromatic N) is 2. The fourth-order valence-corrected chi connectivity index (χ4v) is 1.48. The number of hydrogen-bond acceptors (Lipinski definition) is 5. The van der Waals surface area contributed by atoms with Gasteiger partial charge in [-0.2, -0.15) is 0 Å². The lowest BCUT2D eigenvalue weighted by Crippen LogP contribution is -2.10. The predicted octanol–water partition coefficient (Wildman–Crippen LogP) is 2.76. The van der Waals surface area contributed by atoms with Crippen molar-refractivity contribution in [1.82, 2.24) is 4.98 Å². The summed E-state index contributed by atoms with van der Waals surface area (Å²) in [7, 11) is 0. The third-order valence-corrected chi connectivity index (χ3v) is 2.27. The molecular formula is C9H7ClF2N2O4. The van der Waals surface area contributed by atoms with Crippen LogP contribution in [0.5, 0.6) is 0 Å². The SMILES string of the molecule is CCOC(=O)c1ncc(C(F)F)c([N+](=O)[O-])c1Cl. The van der Waals surface area contributed by atoms with Gasteiger partial charge in [-0.15, -0.1) is 0 Å². The number of halogens is 3. The van der Waals surface area contributed by atoms with E-state index < -0.39 is 39.3 Å². The minimum absolute atomic E-state index is 0.00123. The molecule has 0 aliphatic carbocycles. The number of carbonyl (C=O) groups is 1. The summed E-state index contributed by atoms with van der Waals surface area (Å²) in [6, 6.07) is 0. The van der Waals surface area contributed by atoms with E-state index >= 15 is 0 Å². The van der Waals surface area contributed by atoms with Gasteiger partial charge in [0.25, 0.3) is 6.43 Å². The molecule has 0 aliphatic heterocycles. The maximum Gasteiger partial charge on any atom is 0.358 e. The quantitative estimate of drug-likeness (QED) is 0.481. The molecule has 1 rings (SSSR count). The lowest BCUT2D eigenvalue weighted by atomic mass is 10.2. The summed E-state index contributed by atoms with van der Waals surface area (Å²) in [6.07, 6.45) is -2.58. The van der Waals surface area contributed by atoms with Crippen molar-refractivity contribution in [2.24, 2.45) is 0 Å². The van der Waals surface area contributed by atoms with Crippen LogP contribution in [0.1, 0.15) is 29.4 Å². The zero-order valence-corrected chi connectivity index (χ0v) is 9.78. The summed E-state index contributed by atoms with van der Waals surface area (Å²) in [4.78, 5) is 24.3. The monoisotopic (exact) mass is 280 g/mol. The highest BCUT2D eigenvalue weighted by molar-refractivity contribution is 6.35. The Hall–Kier alpha value is -1.83. The number of hydrogen-bond donors (Lipinski definition) is 0. The average Bonchev–Trinajstić information content (AvgIpc) is 2.27. The van der Waals surface area contributed by atoms with E-state index in [1.165, 1.54) is 6.92 Å². The molecule has 0 atom stereocenters. The topological polar surface area (TPSA) is 82.3 Å².